The van der Waals surface area contributed by atoms with Gasteiger partial charge in [0.2, 0.25) is 5.91 Å². The Morgan fingerprint density at radius 3 is 1.93 bits per heavy atom. The van der Waals surface area contributed by atoms with Gasteiger partial charge in [0.25, 0.3) is 0 Å². The lowest BCUT2D eigenvalue weighted by molar-refractivity contribution is -0.136. The molecule has 2 N–H and O–H groups in total. The van der Waals surface area contributed by atoms with Crippen LogP contribution >= 0.6 is 0 Å². The number of aryl methyl sites for hydroxylation is 1. The fraction of sp³-hybridized carbons (Fsp3) is 0.696. The average Bonchev–Trinajstić information content (AvgIpc) is 2.47. The van der Waals surface area contributed by atoms with E-state index in [1.165, 1.54) is 0 Å². The molecule has 0 radical (unpaired) electrons. The van der Waals surface area contributed by atoms with E-state index in [4.69, 9.17) is 0 Å². The highest BCUT2D eigenvalue weighted by Gasteiger charge is 2.28. The van der Waals surface area contributed by atoms with Crippen LogP contribution in [0.5, 0.6) is 5.75 Å². The fourth-order valence-electron chi connectivity index (χ4n) is 3.20. The van der Waals surface area contributed by atoms with E-state index >= 15 is 0 Å². The third-order valence-electron chi connectivity index (χ3n) is 4.91. The van der Waals surface area contributed by atoms with Crippen LogP contribution in [0, 0.1) is 0 Å². The third kappa shape index (κ3) is 6.24. The van der Waals surface area contributed by atoms with E-state index in [1.807, 2.05) is 26.8 Å². The number of benzene rings is 1. The molecule has 27 heavy (non-hydrogen) atoms. The van der Waals surface area contributed by atoms with Crippen molar-refractivity contribution in [3.63, 3.8) is 0 Å². The van der Waals surface area contributed by atoms with E-state index in [9.17, 15) is 15.0 Å². The van der Waals surface area contributed by atoms with E-state index < -0.39 is 0 Å². The zero-order valence-corrected chi connectivity index (χ0v) is 18.7. The number of carbonyl (C=O) groups excluding carboxylic acids is 1. The second kappa shape index (κ2) is 8.22. The van der Waals surface area contributed by atoms with Gasteiger partial charge in [0.15, 0.2) is 0 Å². The third-order valence-corrected chi connectivity index (χ3v) is 4.91. The summed E-state index contributed by atoms with van der Waals surface area (Å²) in [6, 6.07) is 4.12. The van der Waals surface area contributed by atoms with Crippen LogP contribution in [-0.2, 0) is 22.0 Å². The van der Waals surface area contributed by atoms with Gasteiger partial charge in [-0.2, -0.15) is 0 Å². The summed E-state index contributed by atoms with van der Waals surface area (Å²) < 4.78 is 0. The summed E-state index contributed by atoms with van der Waals surface area (Å²) in [5.41, 5.74) is 2.33. The Bertz CT molecular complexity index is 658. The Kier molecular flexibility index (Phi) is 7.15. The molecule has 0 heterocycles. The lowest BCUT2D eigenvalue weighted by atomic mass is 9.78. The summed E-state index contributed by atoms with van der Waals surface area (Å²) in [4.78, 5) is 14.5. The molecule has 1 aromatic rings. The quantitative estimate of drug-likeness (QED) is 0.792. The molecule has 1 rings (SSSR count). The first kappa shape index (κ1) is 23.5. The highest BCUT2D eigenvalue weighted by molar-refractivity contribution is 5.77. The number of phenols is 1. The predicted octanol–water partition coefficient (Wildman–Crippen LogP) is 4.54. The van der Waals surface area contributed by atoms with Crippen LogP contribution in [0.1, 0.15) is 85.4 Å². The van der Waals surface area contributed by atoms with Gasteiger partial charge in [-0.3, -0.25) is 4.79 Å². The SMILES string of the molecule is CC(C)(C)c1cc(CCC(=O)N(CCO)C(C)(C)C)c(O)c(C(C)(C)C)c1. The number of aliphatic hydroxyl groups excluding tert-OH is 1. The molecular weight excluding hydrogens is 338 g/mol. The minimum atomic E-state index is -0.342. The first-order chi connectivity index (χ1) is 12.1. The molecule has 0 aromatic heterocycles. The van der Waals surface area contributed by atoms with Gasteiger partial charge in [-0.25, -0.2) is 0 Å². The molecule has 0 saturated carbocycles. The number of aromatic hydroxyl groups is 1. The van der Waals surface area contributed by atoms with E-state index in [-0.39, 0.29) is 28.9 Å². The number of carbonyl (C=O) groups is 1. The van der Waals surface area contributed by atoms with Crippen molar-refractivity contribution in [1.82, 2.24) is 4.90 Å². The lowest BCUT2D eigenvalue weighted by Gasteiger charge is -2.35. The van der Waals surface area contributed by atoms with Crippen LogP contribution in [-0.4, -0.2) is 39.7 Å². The second-order valence-electron chi connectivity index (χ2n) is 10.5. The van der Waals surface area contributed by atoms with Crippen LogP contribution < -0.4 is 0 Å². The van der Waals surface area contributed by atoms with Crippen LogP contribution in [0.25, 0.3) is 0 Å². The molecule has 1 amide bonds. The molecule has 0 spiro atoms. The molecule has 0 saturated heterocycles. The zero-order chi connectivity index (χ0) is 21.2. The maximum absolute atomic E-state index is 12.8. The van der Waals surface area contributed by atoms with Gasteiger partial charge < -0.3 is 15.1 Å². The molecular formula is C23H39NO3. The van der Waals surface area contributed by atoms with Crippen molar-refractivity contribution in [2.75, 3.05) is 13.2 Å². The van der Waals surface area contributed by atoms with E-state index in [0.717, 1.165) is 16.7 Å². The number of aliphatic hydroxyl groups is 1. The van der Waals surface area contributed by atoms with Crippen LogP contribution in [0.3, 0.4) is 0 Å². The molecule has 0 atom stereocenters. The smallest absolute Gasteiger partial charge is 0.223 e. The van der Waals surface area contributed by atoms with Crippen LogP contribution in [0.15, 0.2) is 12.1 Å². The Hall–Kier alpha value is -1.55. The molecule has 0 unspecified atom stereocenters. The number of hydrogen-bond donors (Lipinski definition) is 2. The summed E-state index contributed by atoms with van der Waals surface area (Å²) in [6.07, 6.45) is 0.789. The highest BCUT2D eigenvalue weighted by Crippen LogP contribution is 2.38. The summed E-state index contributed by atoms with van der Waals surface area (Å²) in [5, 5.41) is 20.2. The molecule has 0 aliphatic carbocycles. The fourth-order valence-corrected chi connectivity index (χ4v) is 3.20. The number of β-amino-alcohol motifs (C(OH)–C–C–N with tert-alkyl or cyclic N) is 1. The number of phenolic OH excluding ortho intramolecular Hbond substituents is 1. The number of rotatable bonds is 5. The van der Waals surface area contributed by atoms with Crippen molar-refractivity contribution in [2.24, 2.45) is 0 Å². The average molecular weight is 378 g/mol. The number of amides is 1. The van der Waals surface area contributed by atoms with Gasteiger partial charge in [-0.1, -0.05) is 53.7 Å². The van der Waals surface area contributed by atoms with Gasteiger partial charge in [0.05, 0.1) is 6.61 Å². The zero-order valence-electron chi connectivity index (χ0n) is 18.7. The van der Waals surface area contributed by atoms with Crippen LogP contribution in [0.4, 0.5) is 0 Å². The standard InChI is InChI=1S/C23H39NO3/c1-21(2,3)17-14-16(20(27)18(15-17)22(4,5)6)10-11-19(26)24(12-13-25)23(7,8)9/h14-15,25,27H,10-13H2,1-9H3. The van der Waals surface area contributed by atoms with Gasteiger partial charge in [-0.05, 0) is 54.7 Å². The van der Waals surface area contributed by atoms with E-state index in [2.05, 4.69) is 47.6 Å². The van der Waals surface area contributed by atoms with Crippen molar-refractivity contribution < 1.29 is 15.0 Å². The number of nitrogens with zero attached hydrogens (tertiary/aromatic N) is 1. The van der Waals surface area contributed by atoms with Crippen molar-refractivity contribution in [2.45, 2.75) is 91.5 Å². The first-order valence-corrected chi connectivity index (χ1v) is 9.87. The topological polar surface area (TPSA) is 60.8 Å². The van der Waals surface area contributed by atoms with Gasteiger partial charge in [-0.15, -0.1) is 0 Å². The van der Waals surface area contributed by atoms with Crippen molar-refractivity contribution in [3.05, 3.63) is 28.8 Å². The largest absolute Gasteiger partial charge is 0.507 e. The molecule has 0 bridgehead atoms. The summed E-state index contributed by atoms with van der Waals surface area (Å²) in [7, 11) is 0. The molecule has 154 valence electrons. The Balaban J connectivity index is 3.21. The van der Waals surface area contributed by atoms with E-state index in [0.29, 0.717) is 25.1 Å². The Morgan fingerprint density at radius 1 is 0.963 bits per heavy atom. The van der Waals surface area contributed by atoms with Gasteiger partial charge in [0.1, 0.15) is 5.75 Å². The normalized spacial score (nSPS) is 13.0. The maximum atomic E-state index is 12.8. The van der Waals surface area contributed by atoms with Crippen LogP contribution in [0.2, 0.25) is 0 Å². The summed E-state index contributed by atoms with van der Waals surface area (Å²) in [5.74, 6) is 0.294. The van der Waals surface area contributed by atoms with Gasteiger partial charge in [0, 0.05) is 18.5 Å². The molecule has 4 heteroatoms. The van der Waals surface area contributed by atoms with Gasteiger partial charge >= 0.3 is 0 Å². The highest BCUT2D eigenvalue weighted by atomic mass is 16.3. The Labute approximate surface area is 165 Å². The minimum absolute atomic E-state index is 0.00517. The lowest BCUT2D eigenvalue weighted by Crippen LogP contribution is -2.47. The molecule has 0 aliphatic heterocycles. The summed E-state index contributed by atoms with van der Waals surface area (Å²) >= 11 is 0. The molecule has 0 fully saturated rings. The monoisotopic (exact) mass is 377 g/mol. The first-order valence-electron chi connectivity index (χ1n) is 9.87. The predicted molar refractivity (Wildman–Crippen MR) is 112 cm³/mol. The summed E-state index contributed by atoms with van der Waals surface area (Å²) in [6.45, 7) is 18.9. The van der Waals surface area contributed by atoms with E-state index in [1.54, 1.807) is 4.90 Å². The molecule has 1 aromatic carbocycles. The van der Waals surface area contributed by atoms with Crippen molar-refractivity contribution in [1.29, 1.82) is 0 Å². The molecule has 4 nitrogen and oxygen atoms in total. The molecule has 0 aliphatic rings. The number of hydrogen-bond acceptors (Lipinski definition) is 3. The minimum Gasteiger partial charge on any atom is -0.507 e. The Morgan fingerprint density at radius 2 is 1.52 bits per heavy atom. The van der Waals surface area contributed by atoms with Crippen molar-refractivity contribution >= 4 is 5.91 Å². The van der Waals surface area contributed by atoms with Crippen molar-refractivity contribution in [3.8, 4) is 5.75 Å². The maximum Gasteiger partial charge on any atom is 0.223 e. The second-order valence-corrected chi connectivity index (χ2v) is 10.5.